The molecule has 0 spiro atoms. The van der Waals surface area contributed by atoms with Crippen molar-refractivity contribution in [3.63, 3.8) is 0 Å². The molecule has 5 heteroatoms. The second kappa shape index (κ2) is 4.25. The molecule has 0 saturated heterocycles. The standard InChI is InChI=1S/C14H15N3O2/c1-17-11-6-10(2-3-12(11)19-13(17)18)7-16-9-14(8-15)4-5-14/h2-3,6,16H,4-5,7,9H2,1H3. The monoisotopic (exact) mass is 257 g/mol. The van der Waals surface area contributed by atoms with Crippen LogP contribution >= 0.6 is 0 Å². The number of hydrogen-bond donors (Lipinski definition) is 1. The Morgan fingerprint density at radius 2 is 2.32 bits per heavy atom. The molecule has 3 rings (SSSR count). The predicted octanol–water partition coefficient (Wildman–Crippen LogP) is 1.52. The van der Waals surface area contributed by atoms with E-state index in [9.17, 15) is 4.79 Å². The predicted molar refractivity (Wildman–Crippen MR) is 70.4 cm³/mol. The van der Waals surface area contributed by atoms with Gasteiger partial charge in [-0.2, -0.15) is 5.26 Å². The van der Waals surface area contributed by atoms with E-state index in [2.05, 4.69) is 11.4 Å². The van der Waals surface area contributed by atoms with Crippen LogP contribution in [0.5, 0.6) is 0 Å². The zero-order valence-corrected chi connectivity index (χ0v) is 10.8. The molecule has 0 unspecified atom stereocenters. The van der Waals surface area contributed by atoms with Gasteiger partial charge in [-0.15, -0.1) is 0 Å². The first-order chi connectivity index (χ1) is 9.13. The zero-order chi connectivity index (χ0) is 13.5. The van der Waals surface area contributed by atoms with E-state index in [4.69, 9.17) is 9.68 Å². The van der Waals surface area contributed by atoms with Crippen LogP contribution < -0.4 is 11.1 Å². The summed E-state index contributed by atoms with van der Waals surface area (Å²) in [5.74, 6) is -0.346. The number of oxazole rings is 1. The first kappa shape index (κ1) is 12.0. The van der Waals surface area contributed by atoms with Gasteiger partial charge in [-0.1, -0.05) is 6.07 Å². The summed E-state index contributed by atoms with van der Waals surface area (Å²) in [6.07, 6.45) is 1.98. The van der Waals surface area contributed by atoms with Gasteiger partial charge in [-0.05, 0) is 30.5 Å². The summed E-state index contributed by atoms with van der Waals surface area (Å²) in [6.45, 7) is 1.42. The van der Waals surface area contributed by atoms with E-state index in [-0.39, 0.29) is 11.2 Å². The van der Waals surface area contributed by atoms with Crippen LogP contribution in [0.2, 0.25) is 0 Å². The SMILES string of the molecule is Cn1c(=O)oc2ccc(CNCC3(C#N)CC3)cc21. The zero-order valence-electron chi connectivity index (χ0n) is 10.8. The summed E-state index contributed by atoms with van der Waals surface area (Å²) >= 11 is 0. The van der Waals surface area contributed by atoms with Gasteiger partial charge in [-0.3, -0.25) is 4.57 Å². The molecular weight excluding hydrogens is 242 g/mol. The van der Waals surface area contributed by atoms with Crippen molar-refractivity contribution < 1.29 is 4.42 Å². The van der Waals surface area contributed by atoms with Crippen LogP contribution in [0.25, 0.3) is 11.1 Å². The maximum Gasteiger partial charge on any atom is 0.419 e. The Labute approximate surface area is 110 Å². The molecule has 1 aromatic heterocycles. The Kier molecular flexibility index (Phi) is 2.68. The van der Waals surface area contributed by atoms with Crippen LogP contribution in [0.15, 0.2) is 27.4 Å². The number of nitriles is 1. The van der Waals surface area contributed by atoms with E-state index in [0.717, 1.165) is 30.5 Å². The van der Waals surface area contributed by atoms with E-state index < -0.39 is 0 Å². The number of nitrogens with one attached hydrogen (secondary N) is 1. The summed E-state index contributed by atoms with van der Waals surface area (Å²) in [5, 5.41) is 12.3. The van der Waals surface area contributed by atoms with Gasteiger partial charge in [0.1, 0.15) is 0 Å². The summed E-state index contributed by atoms with van der Waals surface area (Å²) in [7, 11) is 1.69. The second-order valence-electron chi connectivity index (χ2n) is 5.22. The van der Waals surface area contributed by atoms with Crippen molar-refractivity contribution in [2.45, 2.75) is 19.4 Å². The van der Waals surface area contributed by atoms with Crippen molar-refractivity contribution in [3.8, 4) is 6.07 Å². The lowest BCUT2D eigenvalue weighted by molar-refractivity contribution is 0.528. The largest absolute Gasteiger partial charge is 0.419 e. The van der Waals surface area contributed by atoms with Crippen LogP contribution in [0.1, 0.15) is 18.4 Å². The van der Waals surface area contributed by atoms with Gasteiger partial charge in [0.15, 0.2) is 5.58 Å². The molecular formula is C14H15N3O2. The van der Waals surface area contributed by atoms with Gasteiger partial charge in [0.25, 0.3) is 0 Å². The van der Waals surface area contributed by atoms with Crippen LogP contribution in [0, 0.1) is 16.7 Å². The van der Waals surface area contributed by atoms with E-state index in [1.165, 1.54) is 4.57 Å². The molecule has 98 valence electrons. The normalized spacial score (nSPS) is 16.4. The number of benzene rings is 1. The van der Waals surface area contributed by atoms with Gasteiger partial charge in [0, 0.05) is 20.1 Å². The minimum Gasteiger partial charge on any atom is -0.408 e. The van der Waals surface area contributed by atoms with E-state index in [1.807, 2.05) is 18.2 Å². The molecule has 1 N–H and O–H groups in total. The van der Waals surface area contributed by atoms with Crippen molar-refractivity contribution in [1.29, 1.82) is 5.26 Å². The van der Waals surface area contributed by atoms with Crippen molar-refractivity contribution in [1.82, 2.24) is 9.88 Å². The van der Waals surface area contributed by atoms with Crippen LogP contribution in [0.4, 0.5) is 0 Å². The average molecular weight is 257 g/mol. The molecule has 1 aliphatic carbocycles. The van der Waals surface area contributed by atoms with Crippen molar-refractivity contribution in [2.24, 2.45) is 12.5 Å². The highest BCUT2D eigenvalue weighted by atomic mass is 16.4. The lowest BCUT2D eigenvalue weighted by atomic mass is 10.1. The van der Waals surface area contributed by atoms with Crippen LogP contribution in [-0.2, 0) is 13.6 Å². The third kappa shape index (κ3) is 2.15. The molecule has 0 radical (unpaired) electrons. The Morgan fingerprint density at radius 3 is 3.00 bits per heavy atom. The van der Waals surface area contributed by atoms with Gasteiger partial charge in [-0.25, -0.2) is 4.79 Å². The molecule has 5 nitrogen and oxygen atoms in total. The molecule has 1 aliphatic rings. The molecule has 0 atom stereocenters. The highest BCUT2D eigenvalue weighted by Crippen LogP contribution is 2.44. The minimum absolute atomic E-state index is 0.132. The second-order valence-corrected chi connectivity index (χ2v) is 5.22. The van der Waals surface area contributed by atoms with E-state index in [0.29, 0.717) is 12.1 Å². The number of hydrogen-bond acceptors (Lipinski definition) is 4. The lowest BCUT2D eigenvalue weighted by Gasteiger charge is -2.08. The third-order valence-electron chi connectivity index (χ3n) is 3.74. The molecule has 19 heavy (non-hydrogen) atoms. The van der Waals surface area contributed by atoms with Gasteiger partial charge in [0.2, 0.25) is 0 Å². The first-order valence-corrected chi connectivity index (χ1v) is 6.34. The lowest BCUT2D eigenvalue weighted by Crippen LogP contribution is -2.22. The number of nitrogens with zero attached hydrogens (tertiary/aromatic N) is 2. The van der Waals surface area contributed by atoms with Gasteiger partial charge in [0.05, 0.1) is 17.0 Å². The van der Waals surface area contributed by atoms with E-state index >= 15 is 0 Å². The Morgan fingerprint density at radius 1 is 1.53 bits per heavy atom. The number of aromatic nitrogens is 1. The van der Waals surface area contributed by atoms with Crippen molar-refractivity contribution in [3.05, 3.63) is 34.3 Å². The van der Waals surface area contributed by atoms with E-state index in [1.54, 1.807) is 7.05 Å². The highest BCUT2D eigenvalue weighted by molar-refractivity contribution is 5.73. The van der Waals surface area contributed by atoms with Crippen LogP contribution in [0.3, 0.4) is 0 Å². The minimum atomic E-state index is -0.346. The molecule has 2 aromatic rings. The molecule has 1 aromatic carbocycles. The first-order valence-electron chi connectivity index (χ1n) is 6.34. The topological polar surface area (TPSA) is 71.0 Å². The van der Waals surface area contributed by atoms with Gasteiger partial charge < -0.3 is 9.73 Å². The summed E-state index contributed by atoms with van der Waals surface area (Å²) in [5.41, 5.74) is 2.35. The smallest absolute Gasteiger partial charge is 0.408 e. The quantitative estimate of drug-likeness (QED) is 0.901. The molecule has 0 amide bonds. The Bertz CT molecular complexity index is 716. The maximum absolute atomic E-state index is 11.4. The van der Waals surface area contributed by atoms with Crippen molar-refractivity contribution in [2.75, 3.05) is 6.54 Å². The highest BCUT2D eigenvalue weighted by Gasteiger charge is 2.42. The summed E-state index contributed by atoms with van der Waals surface area (Å²) in [6, 6.07) is 8.05. The Balaban J connectivity index is 1.73. The average Bonchev–Trinajstić information content (AvgIpc) is 3.14. The fourth-order valence-electron chi connectivity index (χ4n) is 2.21. The number of rotatable bonds is 4. The molecule has 1 fully saturated rings. The van der Waals surface area contributed by atoms with Crippen LogP contribution in [-0.4, -0.2) is 11.1 Å². The van der Waals surface area contributed by atoms with Gasteiger partial charge >= 0.3 is 5.76 Å². The van der Waals surface area contributed by atoms with Crippen molar-refractivity contribution >= 4 is 11.1 Å². The maximum atomic E-state index is 11.4. The summed E-state index contributed by atoms with van der Waals surface area (Å²) < 4.78 is 6.58. The fourth-order valence-corrected chi connectivity index (χ4v) is 2.21. The number of aryl methyl sites for hydroxylation is 1. The third-order valence-corrected chi connectivity index (χ3v) is 3.74. The number of fused-ring (bicyclic) bond motifs is 1. The molecule has 0 bridgehead atoms. The summed E-state index contributed by atoms with van der Waals surface area (Å²) in [4.78, 5) is 11.4. The molecule has 1 saturated carbocycles. The molecule has 0 aliphatic heterocycles. The Hall–Kier alpha value is -2.06. The fraction of sp³-hybridized carbons (Fsp3) is 0.429. The molecule has 1 heterocycles.